The van der Waals surface area contributed by atoms with Gasteiger partial charge in [-0.2, -0.15) is 0 Å². The van der Waals surface area contributed by atoms with E-state index in [4.69, 9.17) is 16.3 Å². The van der Waals surface area contributed by atoms with Gasteiger partial charge in [-0.25, -0.2) is 0 Å². The number of ether oxygens (including phenoxy) is 1. The number of halogens is 1. The fourth-order valence-corrected chi connectivity index (χ4v) is 3.36. The minimum Gasteiger partial charge on any atom is -0.381 e. The van der Waals surface area contributed by atoms with Gasteiger partial charge in [-0.15, -0.1) is 0 Å². The van der Waals surface area contributed by atoms with Crippen LogP contribution in [0.4, 0.5) is 0 Å². The van der Waals surface area contributed by atoms with E-state index >= 15 is 0 Å². The van der Waals surface area contributed by atoms with E-state index in [1.54, 1.807) is 0 Å². The second-order valence-electron chi connectivity index (χ2n) is 6.20. The van der Waals surface area contributed by atoms with Crippen LogP contribution in [0.15, 0.2) is 24.3 Å². The Hall–Kier alpha value is -0.610. The number of hydrogen-bond acceptors (Lipinski definition) is 3. The van der Waals surface area contributed by atoms with Crippen LogP contribution >= 0.6 is 11.6 Å². The highest BCUT2D eigenvalue weighted by Crippen LogP contribution is 2.29. The lowest BCUT2D eigenvalue weighted by molar-refractivity contribution is -0.0234. The fraction of sp³-hybridized carbons (Fsp3) is 0.647. The van der Waals surface area contributed by atoms with Crippen molar-refractivity contribution in [2.75, 3.05) is 39.9 Å². The van der Waals surface area contributed by atoms with Crippen LogP contribution < -0.4 is 5.32 Å². The molecule has 1 aromatic carbocycles. The molecule has 1 aliphatic heterocycles. The van der Waals surface area contributed by atoms with Crippen LogP contribution in [0.5, 0.6) is 0 Å². The number of benzene rings is 1. The highest BCUT2D eigenvalue weighted by atomic mass is 35.5. The van der Waals surface area contributed by atoms with Gasteiger partial charge in [0.2, 0.25) is 0 Å². The Bertz CT molecular complexity index is 433. The third-order valence-corrected chi connectivity index (χ3v) is 4.53. The van der Waals surface area contributed by atoms with Crippen molar-refractivity contribution >= 4 is 11.6 Å². The SMILES string of the molecule is CCNCC1(CN(C)Cc2ccccc2Cl)CCCOC1. The van der Waals surface area contributed by atoms with Crippen molar-refractivity contribution in [2.45, 2.75) is 26.3 Å². The van der Waals surface area contributed by atoms with Gasteiger partial charge in [-0.05, 0) is 38.1 Å². The molecule has 1 N–H and O–H groups in total. The Kier molecular flexibility index (Phi) is 6.49. The lowest BCUT2D eigenvalue weighted by Crippen LogP contribution is -2.48. The number of hydrogen-bond donors (Lipinski definition) is 1. The molecule has 1 heterocycles. The maximum atomic E-state index is 6.27. The standard InChI is InChI=1S/C17H27ClN2O/c1-3-19-12-17(9-6-10-21-14-17)13-20(2)11-15-7-4-5-8-16(15)18/h4-5,7-8,19H,3,6,9-14H2,1-2H3. The number of nitrogens with one attached hydrogen (secondary N) is 1. The van der Waals surface area contributed by atoms with Crippen molar-refractivity contribution in [1.29, 1.82) is 0 Å². The van der Waals surface area contributed by atoms with Gasteiger partial charge in [0.05, 0.1) is 6.61 Å². The molecule has 1 aromatic rings. The molecule has 1 aliphatic rings. The molecular formula is C17H27ClN2O. The van der Waals surface area contributed by atoms with Crippen molar-refractivity contribution in [3.63, 3.8) is 0 Å². The third-order valence-electron chi connectivity index (χ3n) is 4.16. The normalized spacial score (nSPS) is 22.7. The average molecular weight is 311 g/mol. The molecule has 0 spiro atoms. The molecule has 2 rings (SSSR count). The van der Waals surface area contributed by atoms with E-state index in [1.165, 1.54) is 12.0 Å². The van der Waals surface area contributed by atoms with Crippen LogP contribution in [0.25, 0.3) is 0 Å². The van der Waals surface area contributed by atoms with Gasteiger partial charge in [-0.3, -0.25) is 0 Å². The van der Waals surface area contributed by atoms with Gasteiger partial charge in [0.1, 0.15) is 0 Å². The average Bonchev–Trinajstić information content (AvgIpc) is 2.48. The molecule has 1 atom stereocenters. The predicted octanol–water partition coefficient (Wildman–Crippen LogP) is 3.18. The van der Waals surface area contributed by atoms with Gasteiger partial charge >= 0.3 is 0 Å². The molecule has 0 amide bonds. The summed E-state index contributed by atoms with van der Waals surface area (Å²) in [7, 11) is 2.17. The molecule has 1 fully saturated rings. The second-order valence-corrected chi connectivity index (χ2v) is 6.61. The van der Waals surface area contributed by atoms with Gasteiger partial charge in [0, 0.05) is 36.7 Å². The Morgan fingerprint density at radius 3 is 2.86 bits per heavy atom. The molecule has 1 unspecified atom stereocenters. The minimum atomic E-state index is 0.226. The molecular weight excluding hydrogens is 284 g/mol. The molecule has 3 nitrogen and oxygen atoms in total. The maximum absolute atomic E-state index is 6.27. The van der Waals surface area contributed by atoms with E-state index in [0.29, 0.717) is 0 Å². The van der Waals surface area contributed by atoms with E-state index in [1.807, 2.05) is 18.2 Å². The first kappa shape index (κ1) is 16.8. The maximum Gasteiger partial charge on any atom is 0.0546 e. The van der Waals surface area contributed by atoms with Crippen LogP contribution in [-0.4, -0.2) is 44.8 Å². The van der Waals surface area contributed by atoms with Crippen molar-refractivity contribution in [1.82, 2.24) is 10.2 Å². The highest BCUT2D eigenvalue weighted by molar-refractivity contribution is 6.31. The molecule has 4 heteroatoms. The van der Waals surface area contributed by atoms with E-state index in [9.17, 15) is 0 Å². The zero-order chi connectivity index (χ0) is 15.1. The zero-order valence-corrected chi connectivity index (χ0v) is 14.0. The molecule has 0 saturated carbocycles. The van der Waals surface area contributed by atoms with E-state index in [0.717, 1.165) is 50.8 Å². The van der Waals surface area contributed by atoms with Crippen molar-refractivity contribution in [3.05, 3.63) is 34.9 Å². The lowest BCUT2D eigenvalue weighted by atomic mass is 9.81. The summed E-state index contributed by atoms with van der Waals surface area (Å²) in [5, 5.41) is 4.36. The van der Waals surface area contributed by atoms with Crippen LogP contribution in [0.2, 0.25) is 5.02 Å². The highest BCUT2D eigenvalue weighted by Gasteiger charge is 2.33. The molecule has 118 valence electrons. The smallest absolute Gasteiger partial charge is 0.0546 e. The van der Waals surface area contributed by atoms with Crippen LogP contribution in [0.1, 0.15) is 25.3 Å². The monoisotopic (exact) mass is 310 g/mol. The van der Waals surface area contributed by atoms with E-state index < -0.39 is 0 Å². The molecule has 0 aliphatic carbocycles. The molecule has 1 saturated heterocycles. The summed E-state index contributed by atoms with van der Waals surface area (Å²) in [6.45, 7) is 7.87. The molecule has 0 aromatic heterocycles. The Balaban J connectivity index is 1.97. The predicted molar refractivity (Wildman–Crippen MR) is 88.8 cm³/mol. The first-order valence-corrected chi connectivity index (χ1v) is 8.23. The summed E-state index contributed by atoms with van der Waals surface area (Å²) in [5.74, 6) is 0. The van der Waals surface area contributed by atoms with Crippen LogP contribution in [-0.2, 0) is 11.3 Å². The fourth-order valence-electron chi connectivity index (χ4n) is 3.17. The second kappa shape index (κ2) is 8.14. The topological polar surface area (TPSA) is 24.5 Å². The quantitative estimate of drug-likeness (QED) is 0.837. The minimum absolute atomic E-state index is 0.226. The summed E-state index contributed by atoms with van der Waals surface area (Å²) in [6, 6.07) is 8.09. The largest absolute Gasteiger partial charge is 0.381 e. The van der Waals surface area contributed by atoms with Crippen LogP contribution in [0, 0.1) is 5.41 Å². The van der Waals surface area contributed by atoms with Crippen molar-refractivity contribution in [2.24, 2.45) is 5.41 Å². The van der Waals surface area contributed by atoms with Gasteiger partial charge in [-0.1, -0.05) is 36.7 Å². The summed E-state index contributed by atoms with van der Waals surface area (Å²) >= 11 is 6.27. The zero-order valence-electron chi connectivity index (χ0n) is 13.2. The van der Waals surface area contributed by atoms with Gasteiger partial charge in [0.15, 0.2) is 0 Å². The molecule has 21 heavy (non-hydrogen) atoms. The Morgan fingerprint density at radius 2 is 2.19 bits per heavy atom. The molecule has 0 radical (unpaired) electrons. The lowest BCUT2D eigenvalue weighted by Gasteiger charge is -2.40. The number of rotatable bonds is 7. The first-order chi connectivity index (χ1) is 10.2. The van der Waals surface area contributed by atoms with Gasteiger partial charge < -0.3 is 15.0 Å². The third kappa shape index (κ3) is 4.96. The first-order valence-electron chi connectivity index (χ1n) is 7.86. The Labute approximate surface area is 133 Å². The number of nitrogens with zero attached hydrogens (tertiary/aromatic N) is 1. The summed E-state index contributed by atoms with van der Waals surface area (Å²) < 4.78 is 5.76. The van der Waals surface area contributed by atoms with Crippen molar-refractivity contribution < 1.29 is 4.74 Å². The summed E-state index contributed by atoms with van der Waals surface area (Å²) in [6.07, 6.45) is 2.39. The summed E-state index contributed by atoms with van der Waals surface area (Å²) in [5.41, 5.74) is 1.42. The van der Waals surface area contributed by atoms with Crippen LogP contribution in [0.3, 0.4) is 0 Å². The summed E-state index contributed by atoms with van der Waals surface area (Å²) in [4.78, 5) is 2.37. The van der Waals surface area contributed by atoms with E-state index in [-0.39, 0.29) is 5.41 Å². The molecule has 0 bridgehead atoms. The van der Waals surface area contributed by atoms with E-state index in [2.05, 4.69) is 30.3 Å². The van der Waals surface area contributed by atoms with Crippen molar-refractivity contribution in [3.8, 4) is 0 Å². The van der Waals surface area contributed by atoms with Gasteiger partial charge in [0.25, 0.3) is 0 Å². The Morgan fingerprint density at radius 1 is 1.38 bits per heavy atom.